The average Bonchev–Trinajstić information content (AvgIpc) is 2.91. The van der Waals surface area contributed by atoms with Crippen LogP contribution >= 0.6 is 0 Å². The molecule has 0 N–H and O–H groups in total. The first kappa shape index (κ1) is 26.0. The standard InChI is InChI=1S/C31H26F4O2/c1-3-4-5-18-36-26-16-14-25(28(32)30(26)34)23-12-8-21(9-13-23)19-37-27-17-15-24(29(33)31(27)35)22-10-6-20(2)7-11-22/h3,6-17H,1,4-5,18-19H2,2H3. The Morgan fingerprint density at radius 2 is 1.16 bits per heavy atom. The second kappa shape index (κ2) is 11.8. The molecule has 0 spiro atoms. The minimum Gasteiger partial charge on any atom is -0.490 e. The molecule has 0 amide bonds. The van der Waals surface area contributed by atoms with Crippen molar-refractivity contribution in [2.24, 2.45) is 0 Å². The molecule has 6 heteroatoms. The average molecular weight is 507 g/mol. The smallest absolute Gasteiger partial charge is 0.201 e. The minimum absolute atomic E-state index is 0.0329. The third-order valence-electron chi connectivity index (χ3n) is 5.93. The lowest BCUT2D eigenvalue weighted by atomic mass is 10.0. The van der Waals surface area contributed by atoms with Gasteiger partial charge in [0, 0.05) is 11.1 Å². The second-order valence-electron chi connectivity index (χ2n) is 8.61. The fourth-order valence-electron chi connectivity index (χ4n) is 3.82. The Morgan fingerprint density at radius 1 is 0.649 bits per heavy atom. The van der Waals surface area contributed by atoms with Crippen LogP contribution in [0, 0.1) is 30.2 Å². The van der Waals surface area contributed by atoms with Crippen LogP contribution in [0.5, 0.6) is 11.5 Å². The molecule has 0 fully saturated rings. The number of unbranched alkanes of at least 4 members (excludes halogenated alkanes) is 1. The van der Waals surface area contributed by atoms with Crippen LogP contribution in [0.25, 0.3) is 22.3 Å². The van der Waals surface area contributed by atoms with Crippen LogP contribution < -0.4 is 9.47 Å². The van der Waals surface area contributed by atoms with Crippen molar-refractivity contribution in [3.8, 4) is 33.8 Å². The molecule has 0 aromatic heterocycles. The molecule has 0 radical (unpaired) electrons. The van der Waals surface area contributed by atoms with Crippen LogP contribution in [-0.4, -0.2) is 6.61 Å². The summed E-state index contributed by atoms with van der Waals surface area (Å²) in [4.78, 5) is 0. The molecule has 190 valence electrons. The van der Waals surface area contributed by atoms with Crippen molar-refractivity contribution in [3.63, 3.8) is 0 Å². The molecule has 4 aromatic carbocycles. The van der Waals surface area contributed by atoms with E-state index in [0.29, 0.717) is 23.1 Å². The summed E-state index contributed by atoms with van der Waals surface area (Å²) in [5.41, 5.74) is 2.93. The predicted molar refractivity (Wildman–Crippen MR) is 138 cm³/mol. The number of ether oxygens (including phenoxy) is 2. The van der Waals surface area contributed by atoms with Gasteiger partial charge in [0.25, 0.3) is 0 Å². The Kier molecular flexibility index (Phi) is 8.29. The van der Waals surface area contributed by atoms with E-state index in [1.54, 1.807) is 42.5 Å². The van der Waals surface area contributed by atoms with Gasteiger partial charge in [-0.25, -0.2) is 8.78 Å². The summed E-state index contributed by atoms with van der Waals surface area (Å²) >= 11 is 0. The Hall–Kier alpha value is -4.06. The quantitative estimate of drug-likeness (QED) is 0.122. The molecule has 2 nitrogen and oxygen atoms in total. The third kappa shape index (κ3) is 6.02. The summed E-state index contributed by atoms with van der Waals surface area (Å²) in [6, 6.07) is 19.4. The van der Waals surface area contributed by atoms with Crippen LogP contribution in [0.4, 0.5) is 17.6 Å². The van der Waals surface area contributed by atoms with E-state index in [1.807, 2.05) is 19.1 Å². The molecule has 0 atom stereocenters. The summed E-state index contributed by atoms with van der Waals surface area (Å²) in [6.45, 7) is 5.75. The van der Waals surface area contributed by atoms with E-state index in [-0.39, 0.29) is 35.8 Å². The topological polar surface area (TPSA) is 18.5 Å². The van der Waals surface area contributed by atoms with Gasteiger partial charge in [0.1, 0.15) is 6.61 Å². The van der Waals surface area contributed by atoms with Crippen LogP contribution in [-0.2, 0) is 6.61 Å². The summed E-state index contributed by atoms with van der Waals surface area (Å²) in [5, 5.41) is 0. The zero-order valence-electron chi connectivity index (χ0n) is 20.4. The van der Waals surface area contributed by atoms with Crippen molar-refractivity contribution in [2.75, 3.05) is 6.61 Å². The fourth-order valence-corrected chi connectivity index (χ4v) is 3.82. The zero-order valence-corrected chi connectivity index (χ0v) is 20.4. The largest absolute Gasteiger partial charge is 0.490 e. The normalized spacial score (nSPS) is 10.8. The monoisotopic (exact) mass is 506 g/mol. The fraction of sp³-hybridized carbons (Fsp3) is 0.161. The van der Waals surface area contributed by atoms with Crippen LogP contribution in [0.2, 0.25) is 0 Å². The van der Waals surface area contributed by atoms with Crippen molar-refractivity contribution < 1.29 is 27.0 Å². The maximum absolute atomic E-state index is 14.7. The van der Waals surface area contributed by atoms with E-state index in [2.05, 4.69) is 6.58 Å². The van der Waals surface area contributed by atoms with E-state index in [9.17, 15) is 17.6 Å². The number of hydrogen-bond donors (Lipinski definition) is 0. The van der Waals surface area contributed by atoms with Gasteiger partial charge in [0.15, 0.2) is 23.1 Å². The summed E-state index contributed by atoms with van der Waals surface area (Å²) in [7, 11) is 0. The zero-order chi connectivity index (χ0) is 26.4. The molecule has 0 aliphatic carbocycles. The van der Waals surface area contributed by atoms with Crippen molar-refractivity contribution in [1.29, 1.82) is 0 Å². The minimum atomic E-state index is -1.07. The Morgan fingerprint density at radius 3 is 1.70 bits per heavy atom. The van der Waals surface area contributed by atoms with Gasteiger partial charge in [-0.2, -0.15) is 8.78 Å². The number of halogens is 4. The number of allylic oxidation sites excluding steroid dienone is 1. The molecule has 0 aliphatic rings. The molecule has 0 unspecified atom stereocenters. The molecule has 0 bridgehead atoms. The predicted octanol–water partition coefficient (Wildman–Crippen LogP) is 8.81. The highest BCUT2D eigenvalue weighted by Crippen LogP contribution is 2.32. The lowest BCUT2D eigenvalue weighted by Crippen LogP contribution is -2.02. The maximum Gasteiger partial charge on any atom is 0.201 e. The van der Waals surface area contributed by atoms with Gasteiger partial charge in [-0.3, -0.25) is 0 Å². The highest BCUT2D eigenvalue weighted by atomic mass is 19.2. The molecule has 4 rings (SSSR count). The lowest BCUT2D eigenvalue weighted by molar-refractivity contribution is 0.285. The Labute approximate surface area is 213 Å². The molecular formula is C31H26F4O2. The van der Waals surface area contributed by atoms with Crippen LogP contribution in [0.1, 0.15) is 24.0 Å². The third-order valence-corrected chi connectivity index (χ3v) is 5.93. The van der Waals surface area contributed by atoms with Gasteiger partial charge in [0.2, 0.25) is 11.6 Å². The number of aryl methyl sites for hydroxylation is 1. The van der Waals surface area contributed by atoms with Crippen molar-refractivity contribution in [3.05, 3.63) is 120 Å². The van der Waals surface area contributed by atoms with Gasteiger partial charge in [-0.05, 0) is 60.7 Å². The van der Waals surface area contributed by atoms with Gasteiger partial charge >= 0.3 is 0 Å². The first-order valence-corrected chi connectivity index (χ1v) is 11.9. The molecule has 4 aromatic rings. The number of benzene rings is 4. The maximum atomic E-state index is 14.7. The highest BCUT2D eigenvalue weighted by molar-refractivity contribution is 5.66. The van der Waals surface area contributed by atoms with Gasteiger partial charge in [-0.15, -0.1) is 6.58 Å². The molecule has 37 heavy (non-hydrogen) atoms. The highest BCUT2D eigenvalue weighted by Gasteiger charge is 2.17. The first-order chi connectivity index (χ1) is 17.9. The van der Waals surface area contributed by atoms with E-state index in [4.69, 9.17) is 9.47 Å². The first-order valence-electron chi connectivity index (χ1n) is 11.9. The van der Waals surface area contributed by atoms with E-state index >= 15 is 0 Å². The van der Waals surface area contributed by atoms with E-state index in [0.717, 1.165) is 12.0 Å². The molecule has 0 saturated heterocycles. The van der Waals surface area contributed by atoms with Crippen LogP contribution in [0.3, 0.4) is 0 Å². The van der Waals surface area contributed by atoms with E-state index in [1.165, 1.54) is 24.3 Å². The SMILES string of the molecule is C=CCCCOc1ccc(-c2ccc(COc3ccc(-c4ccc(C)cc4)c(F)c3F)cc2)c(F)c1F. The van der Waals surface area contributed by atoms with Gasteiger partial charge in [-0.1, -0.05) is 60.2 Å². The number of hydrogen-bond acceptors (Lipinski definition) is 2. The Bertz CT molecular complexity index is 1380. The van der Waals surface area contributed by atoms with Crippen molar-refractivity contribution in [2.45, 2.75) is 26.4 Å². The number of rotatable bonds is 10. The summed E-state index contributed by atoms with van der Waals surface area (Å²) in [6.07, 6.45) is 3.11. The molecule has 0 heterocycles. The van der Waals surface area contributed by atoms with Crippen molar-refractivity contribution in [1.82, 2.24) is 0 Å². The molecule has 0 aliphatic heterocycles. The van der Waals surface area contributed by atoms with Gasteiger partial charge < -0.3 is 9.47 Å². The Balaban J connectivity index is 1.43. The second-order valence-corrected chi connectivity index (χ2v) is 8.61. The lowest BCUT2D eigenvalue weighted by Gasteiger charge is -2.12. The van der Waals surface area contributed by atoms with Gasteiger partial charge in [0.05, 0.1) is 6.61 Å². The summed E-state index contributed by atoms with van der Waals surface area (Å²) < 4.78 is 69.3. The molecule has 0 saturated carbocycles. The molecular weight excluding hydrogens is 480 g/mol. The van der Waals surface area contributed by atoms with Crippen molar-refractivity contribution >= 4 is 0 Å². The van der Waals surface area contributed by atoms with Crippen LogP contribution in [0.15, 0.2) is 85.5 Å². The summed E-state index contributed by atoms with van der Waals surface area (Å²) in [5.74, 6) is -4.46. The van der Waals surface area contributed by atoms with E-state index < -0.39 is 23.3 Å².